The Kier molecular flexibility index (Phi) is 3.50. The van der Waals surface area contributed by atoms with Gasteiger partial charge in [0.15, 0.2) is 0 Å². The Labute approximate surface area is 99.6 Å². The van der Waals surface area contributed by atoms with Crippen LogP contribution in [0.4, 0.5) is 0 Å². The zero-order valence-corrected chi connectivity index (χ0v) is 9.81. The topological polar surface area (TPSA) is 49.7 Å². The molecule has 3 atom stereocenters. The van der Waals surface area contributed by atoms with E-state index in [2.05, 4.69) is 0 Å². The first-order valence-corrected chi connectivity index (χ1v) is 5.70. The maximum atomic E-state index is 9.65. The molecule has 1 aromatic carbocycles. The van der Waals surface area contributed by atoms with Crippen molar-refractivity contribution in [2.24, 2.45) is 0 Å². The molecular formula is C12H15ClO3. The molecule has 1 aliphatic heterocycles. The van der Waals surface area contributed by atoms with Gasteiger partial charge in [-0.05, 0) is 18.6 Å². The predicted octanol–water partition coefficient (Wildman–Crippen LogP) is 1.83. The predicted molar refractivity (Wildman–Crippen MR) is 61.5 cm³/mol. The van der Waals surface area contributed by atoms with E-state index in [1.807, 2.05) is 25.1 Å². The van der Waals surface area contributed by atoms with Crippen molar-refractivity contribution in [2.75, 3.05) is 6.61 Å². The van der Waals surface area contributed by atoms with E-state index in [9.17, 15) is 5.11 Å². The number of aliphatic hydroxyl groups is 2. The van der Waals surface area contributed by atoms with Crippen LogP contribution in [0.25, 0.3) is 0 Å². The zero-order chi connectivity index (χ0) is 11.7. The quantitative estimate of drug-likeness (QED) is 0.832. The van der Waals surface area contributed by atoms with E-state index in [0.29, 0.717) is 11.4 Å². The molecule has 3 nitrogen and oxygen atoms in total. The number of hydrogen-bond donors (Lipinski definition) is 2. The van der Waals surface area contributed by atoms with Crippen LogP contribution in [0.5, 0.6) is 0 Å². The number of rotatable bonds is 2. The van der Waals surface area contributed by atoms with Crippen LogP contribution in [0.3, 0.4) is 0 Å². The minimum Gasteiger partial charge on any atom is -0.394 e. The number of aliphatic hydroxyl groups excluding tert-OH is 2. The third-order valence-corrected chi connectivity index (χ3v) is 3.25. The summed E-state index contributed by atoms with van der Waals surface area (Å²) in [4.78, 5) is 0. The fourth-order valence-corrected chi connectivity index (χ4v) is 2.24. The number of ether oxygens (including phenoxy) is 1. The first-order valence-electron chi connectivity index (χ1n) is 5.32. The second-order valence-electron chi connectivity index (χ2n) is 4.17. The Morgan fingerprint density at radius 1 is 1.50 bits per heavy atom. The van der Waals surface area contributed by atoms with Crippen LogP contribution in [0, 0.1) is 6.92 Å². The van der Waals surface area contributed by atoms with Crippen molar-refractivity contribution in [3.8, 4) is 0 Å². The van der Waals surface area contributed by atoms with Crippen LogP contribution in [0.1, 0.15) is 23.7 Å². The molecular weight excluding hydrogens is 228 g/mol. The molecule has 2 rings (SSSR count). The molecule has 1 saturated heterocycles. The highest BCUT2D eigenvalue weighted by Crippen LogP contribution is 2.36. The lowest BCUT2D eigenvalue weighted by molar-refractivity contribution is -0.0225. The number of benzene rings is 1. The Hall–Kier alpha value is -0.610. The minimum absolute atomic E-state index is 0.166. The van der Waals surface area contributed by atoms with Crippen LogP contribution < -0.4 is 0 Å². The highest BCUT2D eigenvalue weighted by atomic mass is 35.5. The van der Waals surface area contributed by atoms with Crippen LogP contribution in [0.15, 0.2) is 18.2 Å². The van der Waals surface area contributed by atoms with Gasteiger partial charge in [0.1, 0.15) is 6.10 Å². The third kappa shape index (κ3) is 2.23. The summed E-state index contributed by atoms with van der Waals surface area (Å²) in [6.07, 6.45) is -0.860. The summed E-state index contributed by atoms with van der Waals surface area (Å²) in [5.41, 5.74) is 1.99. The van der Waals surface area contributed by atoms with Gasteiger partial charge in [-0.2, -0.15) is 0 Å². The maximum absolute atomic E-state index is 9.65. The monoisotopic (exact) mass is 242 g/mol. The van der Waals surface area contributed by atoms with Gasteiger partial charge in [-0.25, -0.2) is 0 Å². The van der Waals surface area contributed by atoms with Gasteiger partial charge in [-0.1, -0.05) is 29.3 Å². The number of hydrogen-bond acceptors (Lipinski definition) is 3. The molecule has 2 N–H and O–H groups in total. The van der Waals surface area contributed by atoms with E-state index in [-0.39, 0.29) is 12.7 Å². The summed E-state index contributed by atoms with van der Waals surface area (Å²) in [6.45, 7) is 1.82. The summed E-state index contributed by atoms with van der Waals surface area (Å²) in [6, 6.07) is 5.72. The van der Waals surface area contributed by atoms with E-state index in [0.717, 1.165) is 11.1 Å². The van der Waals surface area contributed by atoms with Gasteiger partial charge in [0.05, 0.1) is 18.8 Å². The highest BCUT2D eigenvalue weighted by Gasteiger charge is 2.35. The molecule has 0 bridgehead atoms. The molecule has 0 amide bonds. The van der Waals surface area contributed by atoms with Crippen molar-refractivity contribution >= 4 is 11.6 Å². The van der Waals surface area contributed by atoms with Crippen molar-refractivity contribution in [1.82, 2.24) is 0 Å². The van der Waals surface area contributed by atoms with Gasteiger partial charge in [-0.15, -0.1) is 0 Å². The highest BCUT2D eigenvalue weighted by molar-refractivity contribution is 6.31. The average Bonchev–Trinajstić information content (AvgIpc) is 2.63. The second-order valence-corrected chi connectivity index (χ2v) is 4.58. The summed E-state index contributed by atoms with van der Waals surface area (Å²) in [5, 5.41) is 19.3. The maximum Gasteiger partial charge on any atom is 0.107 e. The zero-order valence-electron chi connectivity index (χ0n) is 9.06. The lowest BCUT2D eigenvalue weighted by atomic mass is 10.0. The average molecular weight is 243 g/mol. The molecule has 0 aromatic heterocycles. The molecule has 1 fully saturated rings. The van der Waals surface area contributed by atoms with Crippen LogP contribution >= 0.6 is 11.6 Å². The van der Waals surface area contributed by atoms with E-state index >= 15 is 0 Å². The fraction of sp³-hybridized carbons (Fsp3) is 0.500. The molecule has 0 radical (unpaired) electrons. The Morgan fingerprint density at radius 2 is 2.25 bits per heavy atom. The number of halogens is 1. The number of aryl methyl sites for hydroxylation is 1. The Morgan fingerprint density at radius 3 is 2.88 bits per heavy atom. The second kappa shape index (κ2) is 4.72. The molecule has 1 heterocycles. The van der Waals surface area contributed by atoms with Crippen molar-refractivity contribution in [3.63, 3.8) is 0 Å². The van der Waals surface area contributed by atoms with E-state index < -0.39 is 12.2 Å². The molecule has 0 aliphatic carbocycles. The van der Waals surface area contributed by atoms with Crippen molar-refractivity contribution < 1.29 is 14.9 Å². The normalized spacial score (nSPS) is 29.6. The van der Waals surface area contributed by atoms with Gasteiger partial charge >= 0.3 is 0 Å². The molecule has 4 heteroatoms. The molecule has 0 unspecified atom stereocenters. The molecule has 16 heavy (non-hydrogen) atoms. The molecule has 0 saturated carbocycles. The minimum atomic E-state index is -0.619. The summed E-state index contributed by atoms with van der Waals surface area (Å²) in [7, 11) is 0. The van der Waals surface area contributed by atoms with Gasteiger partial charge < -0.3 is 14.9 Å². The Bertz CT molecular complexity index is 381. The van der Waals surface area contributed by atoms with E-state index in [1.54, 1.807) is 0 Å². The summed E-state index contributed by atoms with van der Waals surface area (Å²) in [5.74, 6) is 0. The molecule has 1 aromatic rings. The lowest BCUT2D eigenvalue weighted by Crippen LogP contribution is -2.24. The Balaban J connectivity index is 2.22. The fourth-order valence-electron chi connectivity index (χ4n) is 2.00. The summed E-state index contributed by atoms with van der Waals surface area (Å²) >= 11 is 6.09. The van der Waals surface area contributed by atoms with Crippen molar-refractivity contribution in [1.29, 1.82) is 0 Å². The summed E-state index contributed by atoms with van der Waals surface area (Å²) < 4.78 is 5.56. The SMILES string of the molecule is Cc1ccc(Cl)c([C@H]2C[C@H](O)[C@@H](CO)O2)c1. The van der Waals surface area contributed by atoms with Gasteiger partial charge in [-0.3, -0.25) is 0 Å². The van der Waals surface area contributed by atoms with E-state index in [4.69, 9.17) is 21.4 Å². The van der Waals surface area contributed by atoms with Crippen LogP contribution in [0.2, 0.25) is 5.02 Å². The molecule has 0 spiro atoms. The van der Waals surface area contributed by atoms with Gasteiger partial charge in [0.2, 0.25) is 0 Å². The first-order chi connectivity index (χ1) is 7.61. The van der Waals surface area contributed by atoms with E-state index in [1.165, 1.54) is 0 Å². The standard InChI is InChI=1S/C12H15ClO3/c1-7-2-3-9(13)8(4-7)11-5-10(15)12(6-14)16-11/h2-4,10-12,14-15H,5-6H2,1H3/t10-,11+,12+/m0/s1. The lowest BCUT2D eigenvalue weighted by Gasteiger charge is -2.14. The largest absolute Gasteiger partial charge is 0.394 e. The van der Waals surface area contributed by atoms with Crippen LogP contribution in [-0.4, -0.2) is 29.0 Å². The van der Waals surface area contributed by atoms with Gasteiger partial charge in [0, 0.05) is 11.4 Å². The van der Waals surface area contributed by atoms with Gasteiger partial charge in [0.25, 0.3) is 0 Å². The first kappa shape index (κ1) is 11.9. The molecule has 88 valence electrons. The smallest absolute Gasteiger partial charge is 0.107 e. The molecule has 1 aliphatic rings. The third-order valence-electron chi connectivity index (χ3n) is 2.90. The van der Waals surface area contributed by atoms with Crippen LogP contribution in [-0.2, 0) is 4.74 Å². The van der Waals surface area contributed by atoms with Crippen molar-refractivity contribution in [2.45, 2.75) is 31.7 Å². The van der Waals surface area contributed by atoms with Crippen molar-refractivity contribution in [3.05, 3.63) is 34.3 Å².